The number of likely N-dealkylation sites (N-methyl/N-ethyl adjacent to an activating group) is 1. The number of anilines is 1. The highest BCUT2D eigenvalue weighted by Gasteiger charge is 2.74. The van der Waals surface area contributed by atoms with E-state index in [1.54, 1.807) is 31.1 Å². The first kappa shape index (κ1) is 31.7. The first-order chi connectivity index (χ1) is 21.0. The molecule has 14 heteroatoms. The van der Waals surface area contributed by atoms with Crippen LogP contribution in [0, 0.1) is 16.7 Å². The highest BCUT2D eigenvalue weighted by Crippen LogP contribution is 2.59. The number of amides is 1. The molecule has 14 nitrogen and oxygen atoms in total. The maximum Gasteiger partial charge on any atom is 0.255 e. The summed E-state index contributed by atoms with van der Waals surface area (Å²) in [5.74, 6) is -5.64. The molecule has 0 radical (unpaired) electrons. The summed E-state index contributed by atoms with van der Waals surface area (Å²) in [5, 5.41) is 48.6. The summed E-state index contributed by atoms with van der Waals surface area (Å²) in [5.41, 5.74) is 13.7. The Bertz CT molecular complexity index is 1770. The van der Waals surface area contributed by atoms with E-state index in [1.165, 1.54) is 19.0 Å². The van der Waals surface area contributed by atoms with Gasteiger partial charge in [-0.25, -0.2) is 0 Å². The number of carbonyl (C=O) groups is 3. The largest absolute Gasteiger partial charge is 0.509 e. The SMILES string of the molecule is CN(C)c1cc(CNCc2cccn2C)c(O)c2c1C[C@@]1(N)C[C@@]3(N)[C@H](N(C)C)C(=O)C(C(N)=O)=C(O)[C@@]3(C#N)C(=O)C1=C2O. The second-order valence-electron chi connectivity index (χ2n) is 12.6. The van der Waals surface area contributed by atoms with Crippen molar-refractivity contribution in [3.05, 3.63) is 63.7 Å². The second-order valence-corrected chi connectivity index (χ2v) is 12.6. The molecule has 10 N–H and O–H groups in total. The average Bonchev–Trinajstić information content (AvgIpc) is 3.32. The Labute approximate surface area is 260 Å². The fraction of sp³-hybridized carbons (Fsp3) is 0.419. The molecule has 45 heavy (non-hydrogen) atoms. The number of hydrogen-bond acceptors (Lipinski definition) is 12. The second kappa shape index (κ2) is 10.5. The Kier molecular flexibility index (Phi) is 7.37. The maximum atomic E-state index is 14.6. The molecule has 0 spiro atoms. The van der Waals surface area contributed by atoms with Gasteiger partial charge in [0.15, 0.2) is 17.0 Å². The molecular weight excluding hydrogens is 580 g/mol. The molecule has 1 aromatic carbocycles. The van der Waals surface area contributed by atoms with Crippen LogP contribution < -0.4 is 27.4 Å². The lowest BCUT2D eigenvalue weighted by atomic mass is 9.47. The van der Waals surface area contributed by atoms with Gasteiger partial charge in [-0.15, -0.1) is 0 Å². The molecule has 1 aromatic heterocycles. The van der Waals surface area contributed by atoms with Gasteiger partial charge in [0.05, 0.1) is 34.3 Å². The number of aromatic hydroxyl groups is 1. The van der Waals surface area contributed by atoms with Crippen LogP contribution in [-0.2, 0) is 40.9 Å². The van der Waals surface area contributed by atoms with Gasteiger partial charge in [0.25, 0.3) is 5.91 Å². The Balaban J connectivity index is 1.74. The van der Waals surface area contributed by atoms with Crippen LogP contribution in [0.5, 0.6) is 5.75 Å². The van der Waals surface area contributed by atoms with E-state index in [4.69, 9.17) is 17.2 Å². The number of aromatic nitrogens is 1. The smallest absolute Gasteiger partial charge is 0.255 e. The molecule has 4 atom stereocenters. The van der Waals surface area contributed by atoms with Crippen LogP contribution >= 0.6 is 0 Å². The first-order valence-electron chi connectivity index (χ1n) is 14.3. The number of nitrogens with two attached hydrogens (primary N) is 3. The van der Waals surface area contributed by atoms with Gasteiger partial charge in [-0.05, 0) is 50.7 Å². The maximum absolute atomic E-state index is 14.6. The summed E-state index contributed by atoms with van der Waals surface area (Å²) in [6.07, 6.45) is 1.36. The Morgan fingerprint density at radius 1 is 1.18 bits per heavy atom. The number of Topliss-reactive ketones (excluding diaryl/α,β-unsaturated/α-hetero) is 2. The Hall–Kier alpha value is -4.68. The summed E-state index contributed by atoms with van der Waals surface area (Å²) in [6, 6.07) is 5.95. The minimum absolute atomic E-state index is 0.0476. The number of hydrogen-bond donors (Lipinski definition) is 7. The molecule has 0 aliphatic heterocycles. The van der Waals surface area contributed by atoms with Crippen molar-refractivity contribution in [2.45, 2.75) is 43.1 Å². The molecule has 3 aliphatic rings. The van der Waals surface area contributed by atoms with E-state index in [1.807, 2.05) is 29.9 Å². The van der Waals surface area contributed by atoms with Crippen LogP contribution in [0.4, 0.5) is 5.69 Å². The molecule has 1 saturated carbocycles. The first-order valence-corrected chi connectivity index (χ1v) is 14.3. The van der Waals surface area contributed by atoms with Gasteiger partial charge in [0, 0.05) is 57.4 Å². The predicted molar refractivity (Wildman–Crippen MR) is 164 cm³/mol. The number of nitriles is 1. The van der Waals surface area contributed by atoms with E-state index in [9.17, 15) is 35.0 Å². The highest BCUT2D eigenvalue weighted by molar-refractivity contribution is 6.25. The fourth-order valence-electron chi connectivity index (χ4n) is 7.47. The molecule has 5 rings (SSSR count). The number of primary amides is 1. The highest BCUT2D eigenvalue weighted by atomic mass is 16.3. The number of ketones is 2. The number of benzene rings is 1. The molecule has 2 aromatic rings. The number of phenols is 1. The van der Waals surface area contributed by atoms with E-state index >= 15 is 0 Å². The lowest BCUT2D eigenvalue weighted by Gasteiger charge is -2.58. The molecule has 1 fully saturated rings. The molecule has 0 saturated heterocycles. The van der Waals surface area contributed by atoms with Gasteiger partial charge in [-0.2, -0.15) is 5.26 Å². The fourth-order valence-corrected chi connectivity index (χ4v) is 7.47. The zero-order valence-electron chi connectivity index (χ0n) is 25.8. The van der Waals surface area contributed by atoms with Crippen molar-refractivity contribution in [3.63, 3.8) is 0 Å². The lowest BCUT2D eigenvalue weighted by Crippen LogP contribution is -2.80. The Morgan fingerprint density at radius 2 is 1.84 bits per heavy atom. The summed E-state index contributed by atoms with van der Waals surface area (Å²) < 4.78 is 1.95. The third kappa shape index (κ3) is 4.19. The van der Waals surface area contributed by atoms with Gasteiger partial charge < -0.3 is 47.3 Å². The number of nitrogens with one attached hydrogen (secondary N) is 1. The van der Waals surface area contributed by atoms with E-state index in [2.05, 4.69) is 5.32 Å². The number of fused-ring (bicyclic) bond motifs is 3. The van der Waals surface area contributed by atoms with Crippen LogP contribution in [-0.4, -0.2) is 87.6 Å². The van der Waals surface area contributed by atoms with Gasteiger partial charge in [-0.3, -0.25) is 19.3 Å². The van der Waals surface area contributed by atoms with Crippen molar-refractivity contribution in [2.75, 3.05) is 33.1 Å². The summed E-state index contributed by atoms with van der Waals surface area (Å²) in [4.78, 5) is 43.7. The van der Waals surface area contributed by atoms with Crippen LogP contribution in [0.1, 0.15) is 28.8 Å². The number of carbonyl (C=O) groups excluding carboxylic acids is 3. The van der Waals surface area contributed by atoms with Crippen LogP contribution in [0.2, 0.25) is 0 Å². The number of rotatable bonds is 7. The molecule has 238 valence electrons. The van der Waals surface area contributed by atoms with E-state index in [0.717, 1.165) is 5.69 Å². The Morgan fingerprint density at radius 3 is 2.38 bits per heavy atom. The standard InChI is InChI=1S/C31H38N8O6/c1-37(2)18-9-15(11-36-12-16-7-6-8-39(16)5)22(40)19-17(18)10-29(34)13-31(35)25(38(3)4)24(42)20(28(33)45)26(43)30(31,14-32)27(44)21(29)23(19)41/h6-9,25,36,40-41,43H,10-13,34-35H2,1-5H3,(H2,33,45)/t25-,29-,30+,31-/m1/s1. The third-order valence-electron chi connectivity index (χ3n) is 9.46. The number of nitrogens with zero attached hydrogens (tertiary/aromatic N) is 4. The van der Waals surface area contributed by atoms with Gasteiger partial charge in [-0.1, -0.05) is 0 Å². The zero-order chi connectivity index (χ0) is 33.4. The number of phenolic OH excluding ortho intramolecular Hbond substituents is 1. The molecule has 1 heterocycles. The molecule has 0 bridgehead atoms. The molecule has 1 amide bonds. The summed E-state index contributed by atoms with van der Waals surface area (Å²) in [7, 11) is 8.42. The van der Waals surface area contributed by atoms with Crippen molar-refractivity contribution in [1.82, 2.24) is 14.8 Å². The average molecular weight is 619 g/mol. The molecular formula is C31H38N8O6. The van der Waals surface area contributed by atoms with Crippen LogP contribution in [0.3, 0.4) is 0 Å². The van der Waals surface area contributed by atoms with Crippen molar-refractivity contribution in [3.8, 4) is 11.8 Å². The molecule has 3 aliphatic carbocycles. The number of aliphatic hydroxyl groups excluding tert-OH is 2. The van der Waals surface area contributed by atoms with Crippen molar-refractivity contribution in [1.29, 1.82) is 5.26 Å². The lowest BCUT2D eigenvalue weighted by molar-refractivity contribution is -0.139. The summed E-state index contributed by atoms with van der Waals surface area (Å²) >= 11 is 0. The number of aryl methyl sites for hydroxylation is 1. The van der Waals surface area contributed by atoms with E-state index in [-0.39, 0.29) is 24.3 Å². The summed E-state index contributed by atoms with van der Waals surface area (Å²) in [6.45, 7) is 0.680. The van der Waals surface area contributed by atoms with Crippen LogP contribution in [0.15, 0.2) is 41.3 Å². The van der Waals surface area contributed by atoms with Crippen molar-refractivity contribution < 1.29 is 29.7 Å². The van der Waals surface area contributed by atoms with E-state index < -0.39 is 69.1 Å². The quantitative estimate of drug-likeness (QED) is 0.196. The van der Waals surface area contributed by atoms with E-state index in [0.29, 0.717) is 23.4 Å². The van der Waals surface area contributed by atoms with Crippen LogP contribution in [0.25, 0.3) is 5.76 Å². The molecule has 0 unspecified atom stereocenters. The van der Waals surface area contributed by atoms with Crippen molar-refractivity contribution >= 4 is 28.9 Å². The normalized spacial score (nSPS) is 27.7. The minimum atomic E-state index is -2.71. The van der Waals surface area contributed by atoms with Gasteiger partial charge in [0.2, 0.25) is 0 Å². The zero-order valence-corrected chi connectivity index (χ0v) is 25.8. The van der Waals surface area contributed by atoms with Crippen molar-refractivity contribution in [2.24, 2.45) is 29.7 Å². The third-order valence-corrected chi connectivity index (χ3v) is 9.46. The monoisotopic (exact) mass is 618 g/mol. The number of aliphatic hydroxyl groups is 2. The minimum Gasteiger partial charge on any atom is -0.509 e. The van der Waals surface area contributed by atoms with Gasteiger partial charge in [0.1, 0.15) is 22.8 Å². The topological polar surface area (TPSA) is 237 Å². The predicted octanol–water partition coefficient (Wildman–Crippen LogP) is -0.400. The van der Waals surface area contributed by atoms with Gasteiger partial charge >= 0.3 is 0 Å².